The molecule has 2 rings (SSSR count). The SMILES string of the molecule is CC(C)(CNCc1ccc(O)cc1O)c1ccccc1. The quantitative estimate of drug-likeness (QED) is 0.783. The van der Waals surface area contributed by atoms with Gasteiger partial charge in [-0.3, -0.25) is 0 Å². The van der Waals surface area contributed by atoms with Gasteiger partial charge in [0.05, 0.1) is 0 Å². The van der Waals surface area contributed by atoms with E-state index in [4.69, 9.17) is 0 Å². The molecule has 20 heavy (non-hydrogen) atoms. The molecule has 3 heteroatoms. The molecule has 2 aromatic rings. The van der Waals surface area contributed by atoms with Crippen LogP contribution in [0.1, 0.15) is 25.0 Å². The molecule has 0 aliphatic heterocycles. The highest BCUT2D eigenvalue weighted by Gasteiger charge is 2.19. The molecular weight excluding hydrogens is 250 g/mol. The van der Waals surface area contributed by atoms with Crippen LogP contribution in [0.15, 0.2) is 48.5 Å². The number of aromatic hydroxyl groups is 2. The first-order valence-corrected chi connectivity index (χ1v) is 6.76. The minimum absolute atomic E-state index is 0.0216. The molecule has 0 spiro atoms. The molecule has 0 atom stereocenters. The summed E-state index contributed by atoms with van der Waals surface area (Å²) in [4.78, 5) is 0. The molecule has 0 heterocycles. The van der Waals surface area contributed by atoms with Crippen molar-refractivity contribution < 1.29 is 10.2 Å². The van der Waals surface area contributed by atoms with E-state index in [0.29, 0.717) is 6.54 Å². The Morgan fingerprint density at radius 3 is 2.35 bits per heavy atom. The van der Waals surface area contributed by atoms with Crippen molar-refractivity contribution >= 4 is 0 Å². The fraction of sp³-hybridized carbons (Fsp3) is 0.294. The van der Waals surface area contributed by atoms with Crippen molar-refractivity contribution in [3.05, 3.63) is 59.7 Å². The molecule has 0 saturated heterocycles. The van der Waals surface area contributed by atoms with E-state index in [1.807, 2.05) is 18.2 Å². The average Bonchev–Trinajstić information content (AvgIpc) is 2.42. The lowest BCUT2D eigenvalue weighted by atomic mass is 9.84. The highest BCUT2D eigenvalue weighted by atomic mass is 16.3. The minimum atomic E-state index is 0.0216. The van der Waals surface area contributed by atoms with Gasteiger partial charge in [-0.1, -0.05) is 50.2 Å². The molecule has 0 saturated carbocycles. The van der Waals surface area contributed by atoms with Gasteiger partial charge in [0.1, 0.15) is 11.5 Å². The third kappa shape index (κ3) is 3.52. The summed E-state index contributed by atoms with van der Waals surface area (Å²) in [5.74, 6) is 0.200. The number of hydrogen-bond donors (Lipinski definition) is 3. The van der Waals surface area contributed by atoms with E-state index in [0.717, 1.165) is 12.1 Å². The topological polar surface area (TPSA) is 52.5 Å². The van der Waals surface area contributed by atoms with Gasteiger partial charge in [-0.2, -0.15) is 0 Å². The fourth-order valence-corrected chi connectivity index (χ4v) is 2.20. The first-order valence-electron chi connectivity index (χ1n) is 6.76. The van der Waals surface area contributed by atoms with Crippen molar-refractivity contribution in [3.63, 3.8) is 0 Å². The highest BCUT2D eigenvalue weighted by Crippen LogP contribution is 2.24. The second-order valence-corrected chi connectivity index (χ2v) is 5.67. The monoisotopic (exact) mass is 271 g/mol. The van der Waals surface area contributed by atoms with Gasteiger partial charge < -0.3 is 15.5 Å². The Bertz CT molecular complexity index is 564. The van der Waals surface area contributed by atoms with Gasteiger partial charge in [0, 0.05) is 30.1 Å². The van der Waals surface area contributed by atoms with Crippen LogP contribution in [0.5, 0.6) is 11.5 Å². The number of nitrogens with one attached hydrogen (secondary N) is 1. The fourth-order valence-electron chi connectivity index (χ4n) is 2.20. The lowest BCUT2D eigenvalue weighted by Gasteiger charge is -2.26. The van der Waals surface area contributed by atoms with Gasteiger partial charge in [0.15, 0.2) is 0 Å². The van der Waals surface area contributed by atoms with Crippen LogP contribution < -0.4 is 5.32 Å². The second kappa shape index (κ2) is 5.97. The maximum absolute atomic E-state index is 9.74. The van der Waals surface area contributed by atoms with E-state index in [9.17, 15) is 10.2 Å². The number of benzene rings is 2. The van der Waals surface area contributed by atoms with Crippen LogP contribution in [-0.4, -0.2) is 16.8 Å². The highest BCUT2D eigenvalue weighted by molar-refractivity contribution is 5.38. The van der Waals surface area contributed by atoms with E-state index < -0.39 is 0 Å². The number of hydrogen-bond acceptors (Lipinski definition) is 3. The molecule has 3 N–H and O–H groups in total. The maximum atomic E-state index is 9.74. The molecule has 0 aliphatic carbocycles. The summed E-state index contributed by atoms with van der Waals surface area (Å²) in [5, 5.41) is 22.4. The van der Waals surface area contributed by atoms with E-state index in [1.54, 1.807) is 12.1 Å². The normalized spacial score (nSPS) is 11.5. The summed E-state index contributed by atoms with van der Waals surface area (Å²) in [6, 6.07) is 15.0. The van der Waals surface area contributed by atoms with Crippen LogP contribution in [0.25, 0.3) is 0 Å². The lowest BCUT2D eigenvalue weighted by Crippen LogP contribution is -2.32. The summed E-state index contributed by atoms with van der Waals surface area (Å²) in [6.45, 7) is 5.75. The standard InChI is InChI=1S/C17H21NO2/c1-17(2,14-6-4-3-5-7-14)12-18-11-13-8-9-15(19)10-16(13)20/h3-10,18-20H,11-12H2,1-2H3. The smallest absolute Gasteiger partial charge is 0.123 e. The van der Waals surface area contributed by atoms with Gasteiger partial charge in [-0.25, -0.2) is 0 Å². The summed E-state index contributed by atoms with van der Waals surface area (Å²) < 4.78 is 0. The van der Waals surface area contributed by atoms with Crippen molar-refractivity contribution in [2.45, 2.75) is 25.8 Å². The van der Waals surface area contributed by atoms with Crippen molar-refractivity contribution in [2.24, 2.45) is 0 Å². The van der Waals surface area contributed by atoms with Crippen molar-refractivity contribution in [2.75, 3.05) is 6.54 Å². The largest absolute Gasteiger partial charge is 0.508 e. The third-order valence-corrected chi connectivity index (χ3v) is 3.51. The molecule has 0 radical (unpaired) electrons. The zero-order chi connectivity index (χ0) is 14.6. The molecule has 0 unspecified atom stereocenters. The second-order valence-electron chi connectivity index (χ2n) is 5.67. The third-order valence-electron chi connectivity index (χ3n) is 3.51. The molecule has 0 fully saturated rings. The Labute approximate surface area is 119 Å². The molecule has 0 aromatic heterocycles. The molecule has 3 nitrogen and oxygen atoms in total. The lowest BCUT2D eigenvalue weighted by molar-refractivity contribution is 0.435. The molecular formula is C17H21NO2. The first kappa shape index (κ1) is 14.4. The van der Waals surface area contributed by atoms with Crippen molar-refractivity contribution in [3.8, 4) is 11.5 Å². The maximum Gasteiger partial charge on any atom is 0.123 e. The van der Waals surface area contributed by atoms with E-state index in [1.165, 1.54) is 11.6 Å². The van der Waals surface area contributed by atoms with Crippen molar-refractivity contribution in [1.82, 2.24) is 5.32 Å². The van der Waals surface area contributed by atoms with Gasteiger partial charge in [0.2, 0.25) is 0 Å². The Morgan fingerprint density at radius 1 is 1.00 bits per heavy atom. The Morgan fingerprint density at radius 2 is 1.70 bits per heavy atom. The average molecular weight is 271 g/mol. The molecule has 0 aliphatic rings. The van der Waals surface area contributed by atoms with Crippen LogP contribution in [0.2, 0.25) is 0 Å². The predicted molar refractivity (Wildman–Crippen MR) is 80.9 cm³/mol. The number of phenols is 2. The Balaban J connectivity index is 1.95. The van der Waals surface area contributed by atoms with Crippen LogP contribution in [-0.2, 0) is 12.0 Å². The molecule has 106 valence electrons. The van der Waals surface area contributed by atoms with Crippen LogP contribution in [0.4, 0.5) is 0 Å². The van der Waals surface area contributed by atoms with Gasteiger partial charge in [-0.15, -0.1) is 0 Å². The van der Waals surface area contributed by atoms with Gasteiger partial charge in [0.25, 0.3) is 0 Å². The van der Waals surface area contributed by atoms with Crippen molar-refractivity contribution in [1.29, 1.82) is 0 Å². The predicted octanol–water partition coefficient (Wildman–Crippen LogP) is 3.17. The summed E-state index contributed by atoms with van der Waals surface area (Å²) in [5.41, 5.74) is 2.09. The zero-order valence-electron chi connectivity index (χ0n) is 11.9. The zero-order valence-corrected chi connectivity index (χ0v) is 11.9. The summed E-state index contributed by atoms with van der Waals surface area (Å²) in [7, 11) is 0. The Hall–Kier alpha value is -2.00. The van der Waals surface area contributed by atoms with Crippen LogP contribution in [0.3, 0.4) is 0 Å². The first-order chi connectivity index (χ1) is 9.49. The van der Waals surface area contributed by atoms with E-state index in [-0.39, 0.29) is 16.9 Å². The molecule has 2 aromatic carbocycles. The number of phenolic OH excluding ortho intramolecular Hbond substituents is 2. The van der Waals surface area contributed by atoms with E-state index >= 15 is 0 Å². The van der Waals surface area contributed by atoms with Gasteiger partial charge >= 0.3 is 0 Å². The minimum Gasteiger partial charge on any atom is -0.508 e. The van der Waals surface area contributed by atoms with E-state index in [2.05, 4.69) is 31.3 Å². The molecule has 0 amide bonds. The van der Waals surface area contributed by atoms with Gasteiger partial charge in [-0.05, 0) is 11.6 Å². The number of rotatable bonds is 5. The Kier molecular flexibility index (Phi) is 4.30. The van der Waals surface area contributed by atoms with Crippen LogP contribution in [0, 0.1) is 0 Å². The summed E-state index contributed by atoms with van der Waals surface area (Å²) >= 11 is 0. The summed E-state index contributed by atoms with van der Waals surface area (Å²) in [6.07, 6.45) is 0. The molecule has 0 bridgehead atoms. The van der Waals surface area contributed by atoms with Crippen LogP contribution >= 0.6 is 0 Å².